The normalized spacial score (nSPS) is 15.9. The maximum atomic E-state index is 13.0. The predicted octanol–water partition coefficient (Wildman–Crippen LogP) is 3.60. The summed E-state index contributed by atoms with van der Waals surface area (Å²) >= 11 is 5.21. The zero-order chi connectivity index (χ0) is 21.1. The summed E-state index contributed by atoms with van der Waals surface area (Å²) < 4.78 is 0. The lowest BCUT2D eigenvalue weighted by Gasteiger charge is -2.30. The van der Waals surface area contributed by atoms with Crippen molar-refractivity contribution in [3.8, 4) is 0 Å². The first-order valence-electron chi connectivity index (χ1n) is 8.68. The lowest BCUT2D eigenvalue weighted by atomic mass is 10.1. The van der Waals surface area contributed by atoms with Gasteiger partial charge < -0.3 is 0 Å². The van der Waals surface area contributed by atoms with Gasteiger partial charge in [-0.15, -0.1) is 0 Å². The molecule has 2 amide bonds. The number of thiocarbonyl (C=S) groups is 1. The number of hydrogen-bond donors (Lipinski definition) is 1. The van der Waals surface area contributed by atoms with Crippen LogP contribution in [-0.2, 0) is 9.59 Å². The molecular formula is C21H17N3O4S. The quantitative estimate of drug-likeness (QED) is 0.275. The third-order valence-corrected chi connectivity index (χ3v) is 4.66. The number of para-hydroxylation sites is 1. The monoisotopic (exact) mass is 407 g/mol. The fraction of sp³-hybridized carbons (Fsp3) is 0.0952. The van der Waals surface area contributed by atoms with E-state index in [0.29, 0.717) is 11.3 Å². The van der Waals surface area contributed by atoms with E-state index in [1.54, 1.807) is 18.2 Å². The van der Waals surface area contributed by atoms with Gasteiger partial charge in [0.2, 0.25) is 0 Å². The lowest BCUT2D eigenvalue weighted by molar-refractivity contribution is -0.385. The summed E-state index contributed by atoms with van der Waals surface area (Å²) in [6.45, 7) is 3.74. The molecule has 1 aliphatic heterocycles. The number of nitro groups is 1. The molecule has 0 bridgehead atoms. The molecule has 0 radical (unpaired) electrons. The summed E-state index contributed by atoms with van der Waals surface area (Å²) in [5, 5.41) is 13.6. The van der Waals surface area contributed by atoms with E-state index in [1.165, 1.54) is 29.2 Å². The highest BCUT2D eigenvalue weighted by molar-refractivity contribution is 7.80. The van der Waals surface area contributed by atoms with E-state index in [0.717, 1.165) is 11.1 Å². The number of benzene rings is 2. The summed E-state index contributed by atoms with van der Waals surface area (Å²) in [5.74, 6) is -1.17. The van der Waals surface area contributed by atoms with Crippen LogP contribution in [0.5, 0.6) is 0 Å². The van der Waals surface area contributed by atoms with Gasteiger partial charge in [-0.1, -0.05) is 30.3 Å². The SMILES string of the molecule is Cc1ccc(C)c(N2C(=O)/C(=C/C=C/c3ccccc3[N+](=O)[O-])C(=O)NC2=S)c1. The van der Waals surface area contributed by atoms with Crippen LogP contribution in [0.2, 0.25) is 0 Å². The highest BCUT2D eigenvalue weighted by Gasteiger charge is 2.34. The molecule has 1 saturated heterocycles. The highest BCUT2D eigenvalue weighted by Crippen LogP contribution is 2.26. The van der Waals surface area contributed by atoms with Gasteiger partial charge >= 0.3 is 0 Å². The lowest BCUT2D eigenvalue weighted by Crippen LogP contribution is -2.54. The first-order valence-corrected chi connectivity index (χ1v) is 9.09. The molecule has 29 heavy (non-hydrogen) atoms. The molecular weight excluding hydrogens is 390 g/mol. The maximum absolute atomic E-state index is 13.0. The molecule has 0 spiro atoms. The zero-order valence-electron chi connectivity index (χ0n) is 15.7. The first kappa shape index (κ1) is 20.1. The van der Waals surface area contributed by atoms with Crippen LogP contribution in [0.25, 0.3) is 6.08 Å². The molecule has 2 aromatic rings. The minimum atomic E-state index is -0.617. The molecule has 1 aliphatic rings. The first-order chi connectivity index (χ1) is 13.8. The second kappa shape index (κ2) is 8.15. The van der Waals surface area contributed by atoms with Crippen molar-refractivity contribution in [2.24, 2.45) is 0 Å². The number of carbonyl (C=O) groups excluding carboxylic acids is 2. The van der Waals surface area contributed by atoms with Crippen molar-refractivity contribution in [1.29, 1.82) is 0 Å². The number of carbonyl (C=O) groups is 2. The Morgan fingerprint density at radius 2 is 1.86 bits per heavy atom. The summed E-state index contributed by atoms with van der Waals surface area (Å²) in [4.78, 5) is 37.2. The minimum absolute atomic E-state index is 0.00790. The van der Waals surface area contributed by atoms with Gasteiger partial charge in [0.15, 0.2) is 5.11 Å². The van der Waals surface area contributed by atoms with E-state index in [9.17, 15) is 19.7 Å². The molecule has 1 fully saturated rings. The van der Waals surface area contributed by atoms with Gasteiger partial charge in [0.1, 0.15) is 5.57 Å². The second-order valence-corrected chi connectivity index (χ2v) is 6.83. The average molecular weight is 407 g/mol. The number of anilines is 1. The summed E-state index contributed by atoms with van der Waals surface area (Å²) in [5.41, 5.74) is 2.54. The van der Waals surface area contributed by atoms with E-state index in [4.69, 9.17) is 12.2 Å². The van der Waals surface area contributed by atoms with Crippen LogP contribution in [0.1, 0.15) is 16.7 Å². The van der Waals surface area contributed by atoms with Crippen molar-refractivity contribution in [2.45, 2.75) is 13.8 Å². The van der Waals surface area contributed by atoms with Gasteiger partial charge in [-0.2, -0.15) is 0 Å². The third kappa shape index (κ3) is 4.12. The smallest absolute Gasteiger partial charge is 0.276 e. The average Bonchev–Trinajstić information content (AvgIpc) is 2.67. The van der Waals surface area contributed by atoms with Crippen molar-refractivity contribution in [3.05, 3.63) is 87.0 Å². The molecule has 0 aliphatic carbocycles. The summed E-state index contributed by atoms with van der Waals surface area (Å²) in [6, 6.07) is 11.8. The molecule has 0 atom stereocenters. The molecule has 2 aromatic carbocycles. The Kier molecular flexibility index (Phi) is 5.65. The largest absolute Gasteiger partial charge is 0.298 e. The van der Waals surface area contributed by atoms with Crippen LogP contribution in [0.15, 0.2) is 60.2 Å². The number of nitrogens with zero attached hydrogens (tertiary/aromatic N) is 2. The Balaban J connectivity index is 1.96. The van der Waals surface area contributed by atoms with E-state index in [1.807, 2.05) is 32.0 Å². The molecule has 8 heteroatoms. The number of allylic oxidation sites excluding steroid dienone is 2. The standard InChI is InChI=1S/C21H17N3O4S/c1-13-10-11-14(2)18(12-13)23-20(26)16(19(25)22-21(23)29)8-5-7-15-6-3-4-9-17(15)24(27)28/h3-12H,1-2H3,(H,22,25,29)/b7-5+,16-8+. The molecule has 0 saturated carbocycles. The number of nitro benzene ring substituents is 1. The van der Waals surface area contributed by atoms with Crippen LogP contribution < -0.4 is 10.2 Å². The van der Waals surface area contributed by atoms with Gasteiger partial charge in [-0.25, -0.2) is 0 Å². The fourth-order valence-electron chi connectivity index (χ4n) is 2.90. The van der Waals surface area contributed by atoms with Crippen LogP contribution >= 0.6 is 12.2 Å². The molecule has 0 unspecified atom stereocenters. The number of nitrogens with one attached hydrogen (secondary N) is 1. The number of rotatable bonds is 4. The van der Waals surface area contributed by atoms with Gasteiger partial charge in [-0.05, 0) is 61.5 Å². The Labute approximate surface area is 172 Å². The van der Waals surface area contributed by atoms with Crippen molar-refractivity contribution >= 4 is 46.6 Å². The van der Waals surface area contributed by atoms with Crippen molar-refractivity contribution < 1.29 is 14.5 Å². The van der Waals surface area contributed by atoms with Crippen LogP contribution in [0.3, 0.4) is 0 Å². The predicted molar refractivity (Wildman–Crippen MR) is 114 cm³/mol. The Hall–Kier alpha value is -3.65. The topological polar surface area (TPSA) is 92.6 Å². The molecule has 0 aromatic heterocycles. The number of aryl methyl sites for hydroxylation is 2. The van der Waals surface area contributed by atoms with E-state index < -0.39 is 16.7 Å². The van der Waals surface area contributed by atoms with Gasteiger partial charge in [0, 0.05) is 6.07 Å². The zero-order valence-corrected chi connectivity index (χ0v) is 16.5. The third-order valence-electron chi connectivity index (χ3n) is 4.38. The molecule has 1 N–H and O–H groups in total. The Bertz CT molecular complexity index is 1100. The van der Waals surface area contributed by atoms with Gasteiger partial charge in [-0.3, -0.25) is 29.9 Å². The second-order valence-electron chi connectivity index (χ2n) is 6.45. The van der Waals surface area contributed by atoms with Crippen molar-refractivity contribution in [1.82, 2.24) is 5.32 Å². The van der Waals surface area contributed by atoms with Crippen molar-refractivity contribution in [3.63, 3.8) is 0 Å². The van der Waals surface area contributed by atoms with Crippen LogP contribution in [0.4, 0.5) is 11.4 Å². The van der Waals surface area contributed by atoms with Gasteiger partial charge in [0.05, 0.1) is 16.2 Å². The van der Waals surface area contributed by atoms with Crippen LogP contribution in [-0.4, -0.2) is 21.9 Å². The van der Waals surface area contributed by atoms with E-state index >= 15 is 0 Å². The molecule has 146 valence electrons. The Morgan fingerprint density at radius 3 is 2.59 bits per heavy atom. The van der Waals surface area contributed by atoms with Gasteiger partial charge in [0.25, 0.3) is 17.5 Å². The van der Waals surface area contributed by atoms with E-state index in [-0.39, 0.29) is 16.4 Å². The minimum Gasteiger partial charge on any atom is -0.298 e. The maximum Gasteiger partial charge on any atom is 0.276 e. The number of amides is 2. The highest BCUT2D eigenvalue weighted by atomic mass is 32.1. The fourth-order valence-corrected chi connectivity index (χ4v) is 3.17. The van der Waals surface area contributed by atoms with E-state index in [2.05, 4.69) is 5.32 Å². The molecule has 1 heterocycles. The van der Waals surface area contributed by atoms with Crippen LogP contribution in [0, 0.1) is 24.0 Å². The Morgan fingerprint density at radius 1 is 1.14 bits per heavy atom. The number of hydrogen-bond acceptors (Lipinski definition) is 5. The summed E-state index contributed by atoms with van der Waals surface area (Å²) in [6.07, 6.45) is 4.24. The van der Waals surface area contributed by atoms with Crippen molar-refractivity contribution in [2.75, 3.05) is 4.90 Å². The molecule has 3 rings (SSSR count). The molecule has 7 nitrogen and oxygen atoms in total. The summed E-state index contributed by atoms with van der Waals surface area (Å²) in [7, 11) is 0.